The summed E-state index contributed by atoms with van der Waals surface area (Å²) in [7, 11) is 0. The van der Waals surface area contributed by atoms with Crippen molar-refractivity contribution in [2.24, 2.45) is 0 Å². The molecule has 15 heavy (non-hydrogen) atoms. The van der Waals surface area contributed by atoms with Crippen LogP contribution in [0.15, 0.2) is 18.5 Å². The number of hydrogen-bond donors (Lipinski definition) is 1. The number of aromatic nitrogens is 1. The van der Waals surface area contributed by atoms with E-state index < -0.39 is 0 Å². The van der Waals surface area contributed by atoms with E-state index in [0.717, 1.165) is 24.3 Å². The second-order valence-corrected chi connectivity index (χ2v) is 3.60. The van der Waals surface area contributed by atoms with Crippen molar-refractivity contribution < 1.29 is 5.11 Å². The molecule has 0 radical (unpaired) electrons. The van der Waals surface area contributed by atoms with Crippen LogP contribution >= 0.6 is 0 Å². The van der Waals surface area contributed by atoms with Gasteiger partial charge in [-0.1, -0.05) is 13.3 Å². The molecule has 0 amide bonds. The first-order valence-electron chi connectivity index (χ1n) is 5.62. The van der Waals surface area contributed by atoms with Gasteiger partial charge in [-0.25, -0.2) is 0 Å². The monoisotopic (exact) mass is 208 g/mol. The van der Waals surface area contributed by atoms with Crippen molar-refractivity contribution in [2.45, 2.75) is 33.3 Å². The summed E-state index contributed by atoms with van der Waals surface area (Å²) in [5.41, 5.74) is 2.03. The van der Waals surface area contributed by atoms with Crippen molar-refractivity contribution in [3.05, 3.63) is 24.0 Å². The Morgan fingerprint density at radius 3 is 2.80 bits per heavy atom. The highest BCUT2D eigenvalue weighted by atomic mass is 16.3. The van der Waals surface area contributed by atoms with E-state index in [0.29, 0.717) is 0 Å². The third-order valence-electron chi connectivity index (χ3n) is 2.55. The predicted molar refractivity (Wildman–Crippen MR) is 63.0 cm³/mol. The van der Waals surface area contributed by atoms with E-state index in [9.17, 15) is 5.11 Å². The Morgan fingerprint density at radius 1 is 1.40 bits per heavy atom. The molecule has 0 saturated carbocycles. The summed E-state index contributed by atoms with van der Waals surface area (Å²) in [6.45, 7) is 6.40. The van der Waals surface area contributed by atoms with Gasteiger partial charge in [-0.15, -0.1) is 0 Å². The molecule has 1 aromatic heterocycles. The molecule has 1 N–H and O–H groups in total. The Morgan fingerprint density at radius 2 is 2.20 bits per heavy atom. The average molecular weight is 208 g/mol. The Bertz CT molecular complexity index is 289. The van der Waals surface area contributed by atoms with Crippen LogP contribution in [0.4, 0.5) is 5.69 Å². The highest BCUT2D eigenvalue weighted by Gasteiger charge is 2.07. The molecule has 1 rings (SSSR count). The number of aliphatic hydroxyl groups is 1. The van der Waals surface area contributed by atoms with Crippen LogP contribution in [0.5, 0.6) is 0 Å². The van der Waals surface area contributed by atoms with Crippen LogP contribution < -0.4 is 4.90 Å². The molecular formula is C12H20N2O. The number of anilines is 1. The minimum Gasteiger partial charge on any atom is -0.392 e. The number of pyridine rings is 1. The molecule has 1 heterocycles. The molecule has 0 fully saturated rings. The quantitative estimate of drug-likeness (QED) is 0.778. The molecule has 1 aromatic rings. The lowest BCUT2D eigenvalue weighted by Crippen LogP contribution is -2.25. The second kappa shape index (κ2) is 6.40. The van der Waals surface area contributed by atoms with Crippen molar-refractivity contribution in [1.82, 2.24) is 4.98 Å². The minimum absolute atomic E-state index is 0.0613. The van der Waals surface area contributed by atoms with Gasteiger partial charge >= 0.3 is 0 Å². The topological polar surface area (TPSA) is 36.4 Å². The van der Waals surface area contributed by atoms with Crippen LogP contribution in [0.25, 0.3) is 0 Å². The van der Waals surface area contributed by atoms with Gasteiger partial charge in [0, 0.05) is 36.7 Å². The number of hydrogen-bond acceptors (Lipinski definition) is 3. The maximum absolute atomic E-state index is 9.22. The lowest BCUT2D eigenvalue weighted by Gasteiger charge is -2.24. The molecule has 0 aromatic carbocycles. The molecule has 0 aliphatic heterocycles. The van der Waals surface area contributed by atoms with E-state index in [2.05, 4.69) is 23.7 Å². The van der Waals surface area contributed by atoms with Gasteiger partial charge in [0.05, 0.1) is 6.61 Å². The van der Waals surface area contributed by atoms with Crippen LogP contribution in [-0.4, -0.2) is 23.2 Å². The maximum atomic E-state index is 9.22. The zero-order chi connectivity index (χ0) is 11.1. The predicted octanol–water partition coefficient (Wildman–Crippen LogP) is 2.20. The van der Waals surface area contributed by atoms with Crippen LogP contribution in [0.3, 0.4) is 0 Å². The van der Waals surface area contributed by atoms with Gasteiger partial charge < -0.3 is 10.0 Å². The Hall–Kier alpha value is -1.09. The Balaban J connectivity index is 2.80. The third kappa shape index (κ3) is 3.20. The fourth-order valence-corrected chi connectivity index (χ4v) is 1.65. The molecule has 3 heteroatoms. The Labute approximate surface area is 91.8 Å². The van der Waals surface area contributed by atoms with Crippen LogP contribution in [0.1, 0.15) is 32.3 Å². The lowest BCUT2D eigenvalue weighted by molar-refractivity contribution is 0.281. The van der Waals surface area contributed by atoms with E-state index >= 15 is 0 Å². The molecular weight excluding hydrogens is 188 g/mol. The SMILES string of the molecule is CCCCN(CC)c1ccncc1CO. The summed E-state index contributed by atoms with van der Waals surface area (Å²) >= 11 is 0. The Kier molecular flexibility index (Phi) is 5.12. The summed E-state index contributed by atoms with van der Waals surface area (Å²) < 4.78 is 0. The molecule has 0 bridgehead atoms. The summed E-state index contributed by atoms with van der Waals surface area (Å²) in [6.07, 6.45) is 5.89. The molecule has 0 aliphatic carbocycles. The van der Waals surface area contributed by atoms with Gasteiger partial charge in [0.15, 0.2) is 0 Å². The van der Waals surface area contributed by atoms with Crippen LogP contribution in [0.2, 0.25) is 0 Å². The lowest BCUT2D eigenvalue weighted by atomic mass is 10.2. The van der Waals surface area contributed by atoms with Crippen molar-refractivity contribution >= 4 is 5.69 Å². The largest absolute Gasteiger partial charge is 0.392 e. The number of nitrogens with zero attached hydrogens (tertiary/aromatic N) is 2. The third-order valence-corrected chi connectivity index (χ3v) is 2.55. The summed E-state index contributed by atoms with van der Waals surface area (Å²) in [5, 5.41) is 9.22. The van der Waals surface area contributed by atoms with E-state index in [-0.39, 0.29) is 6.61 Å². The van der Waals surface area contributed by atoms with Crippen molar-refractivity contribution in [1.29, 1.82) is 0 Å². The van der Waals surface area contributed by atoms with Gasteiger partial charge in [0.1, 0.15) is 0 Å². The molecule has 0 atom stereocenters. The second-order valence-electron chi connectivity index (χ2n) is 3.60. The van der Waals surface area contributed by atoms with Gasteiger partial charge in [0.2, 0.25) is 0 Å². The van der Waals surface area contributed by atoms with E-state index in [1.165, 1.54) is 12.8 Å². The first-order chi connectivity index (χ1) is 7.33. The fourth-order valence-electron chi connectivity index (χ4n) is 1.65. The average Bonchev–Trinajstić information content (AvgIpc) is 2.30. The zero-order valence-electron chi connectivity index (χ0n) is 9.61. The van der Waals surface area contributed by atoms with Gasteiger partial charge in [-0.05, 0) is 19.4 Å². The maximum Gasteiger partial charge on any atom is 0.0717 e. The highest BCUT2D eigenvalue weighted by molar-refractivity contribution is 5.51. The van der Waals surface area contributed by atoms with Crippen LogP contribution in [0, 0.1) is 0 Å². The smallest absolute Gasteiger partial charge is 0.0717 e. The number of unbranched alkanes of at least 4 members (excludes halogenated alkanes) is 1. The minimum atomic E-state index is 0.0613. The first kappa shape index (κ1) is 12.0. The van der Waals surface area contributed by atoms with E-state index in [4.69, 9.17) is 0 Å². The molecule has 0 spiro atoms. The fraction of sp³-hybridized carbons (Fsp3) is 0.583. The first-order valence-corrected chi connectivity index (χ1v) is 5.62. The van der Waals surface area contributed by atoms with Gasteiger partial charge in [0.25, 0.3) is 0 Å². The van der Waals surface area contributed by atoms with E-state index in [1.54, 1.807) is 12.4 Å². The van der Waals surface area contributed by atoms with Crippen LogP contribution in [-0.2, 0) is 6.61 Å². The molecule has 0 saturated heterocycles. The summed E-state index contributed by atoms with van der Waals surface area (Å²) in [5.74, 6) is 0. The summed E-state index contributed by atoms with van der Waals surface area (Å²) in [4.78, 5) is 6.31. The number of rotatable bonds is 6. The summed E-state index contributed by atoms with van der Waals surface area (Å²) in [6, 6.07) is 1.98. The molecule has 3 nitrogen and oxygen atoms in total. The van der Waals surface area contributed by atoms with E-state index in [1.807, 2.05) is 6.07 Å². The number of aliphatic hydroxyl groups excluding tert-OH is 1. The van der Waals surface area contributed by atoms with Crippen molar-refractivity contribution in [3.63, 3.8) is 0 Å². The standard InChI is InChI=1S/C12H20N2O/c1-3-5-8-14(4-2)12-6-7-13-9-11(12)10-15/h6-7,9,15H,3-5,8,10H2,1-2H3. The van der Waals surface area contributed by atoms with Gasteiger partial charge in [-0.2, -0.15) is 0 Å². The molecule has 84 valence electrons. The van der Waals surface area contributed by atoms with Crippen molar-refractivity contribution in [3.8, 4) is 0 Å². The molecule has 0 unspecified atom stereocenters. The van der Waals surface area contributed by atoms with Crippen molar-refractivity contribution in [2.75, 3.05) is 18.0 Å². The highest BCUT2D eigenvalue weighted by Crippen LogP contribution is 2.19. The normalized spacial score (nSPS) is 10.3. The molecule has 0 aliphatic rings. The zero-order valence-corrected chi connectivity index (χ0v) is 9.61. The van der Waals surface area contributed by atoms with Gasteiger partial charge in [-0.3, -0.25) is 4.98 Å².